The van der Waals surface area contributed by atoms with Crippen molar-refractivity contribution in [3.8, 4) is 0 Å². The molecule has 1 N–H and O–H groups in total. The zero-order chi connectivity index (χ0) is 15.3. The van der Waals surface area contributed by atoms with Gasteiger partial charge in [0.1, 0.15) is 6.61 Å². The van der Waals surface area contributed by atoms with Gasteiger partial charge in [-0.2, -0.15) is 0 Å². The number of amides is 1. The summed E-state index contributed by atoms with van der Waals surface area (Å²) in [6, 6.07) is 0.173. The van der Waals surface area contributed by atoms with E-state index in [2.05, 4.69) is 25.7 Å². The molecule has 0 radical (unpaired) electrons. The molecular formula is C14H28N2O4. The van der Waals surface area contributed by atoms with E-state index in [4.69, 9.17) is 14.6 Å². The van der Waals surface area contributed by atoms with Crippen molar-refractivity contribution < 1.29 is 19.4 Å². The highest BCUT2D eigenvalue weighted by Crippen LogP contribution is 2.28. The summed E-state index contributed by atoms with van der Waals surface area (Å²) in [5.74, 6) is 0. The Balaban J connectivity index is 2.54. The van der Waals surface area contributed by atoms with Gasteiger partial charge in [0.25, 0.3) is 0 Å². The van der Waals surface area contributed by atoms with Crippen LogP contribution < -0.4 is 0 Å². The number of hydrogen-bond acceptors (Lipinski definition) is 5. The molecule has 0 spiro atoms. The van der Waals surface area contributed by atoms with Crippen LogP contribution in [0.25, 0.3) is 0 Å². The van der Waals surface area contributed by atoms with Gasteiger partial charge in [-0.1, -0.05) is 0 Å². The van der Waals surface area contributed by atoms with Gasteiger partial charge in [0.05, 0.1) is 12.7 Å². The molecule has 1 fully saturated rings. The average molecular weight is 288 g/mol. The van der Waals surface area contributed by atoms with E-state index in [0.29, 0.717) is 6.61 Å². The van der Waals surface area contributed by atoms with Crippen LogP contribution in [0.5, 0.6) is 0 Å². The van der Waals surface area contributed by atoms with Crippen LogP contribution in [0.2, 0.25) is 0 Å². The van der Waals surface area contributed by atoms with Gasteiger partial charge in [-0.15, -0.1) is 0 Å². The highest BCUT2D eigenvalue weighted by Gasteiger charge is 2.39. The van der Waals surface area contributed by atoms with Crippen LogP contribution in [-0.4, -0.2) is 79.1 Å². The summed E-state index contributed by atoms with van der Waals surface area (Å²) in [4.78, 5) is 15.4. The number of ether oxygens (including phenoxy) is 2. The Morgan fingerprint density at radius 2 is 2.10 bits per heavy atom. The summed E-state index contributed by atoms with van der Waals surface area (Å²) in [5.41, 5.74) is 0.0152. The smallest absolute Gasteiger partial charge is 0.409 e. The minimum absolute atomic E-state index is 0.0152. The number of nitrogens with zero attached hydrogens (tertiary/aromatic N) is 2. The molecule has 0 aromatic carbocycles. The maximum atomic E-state index is 11.7. The highest BCUT2D eigenvalue weighted by atomic mass is 16.6. The molecule has 0 saturated carbocycles. The van der Waals surface area contributed by atoms with Crippen molar-refractivity contribution in [3.63, 3.8) is 0 Å². The maximum Gasteiger partial charge on any atom is 0.409 e. The van der Waals surface area contributed by atoms with E-state index in [1.165, 1.54) is 4.90 Å². The molecule has 0 aromatic heterocycles. The van der Waals surface area contributed by atoms with Gasteiger partial charge in [-0.25, -0.2) is 4.79 Å². The first-order valence-electron chi connectivity index (χ1n) is 7.08. The van der Waals surface area contributed by atoms with Crippen LogP contribution in [0.1, 0.15) is 27.2 Å². The van der Waals surface area contributed by atoms with Gasteiger partial charge < -0.3 is 19.5 Å². The number of hydrogen-bond donors (Lipinski definition) is 1. The number of likely N-dealkylation sites (N-methyl/N-ethyl adjacent to an activating group) is 1. The Hall–Kier alpha value is -0.850. The van der Waals surface area contributed by atoms with Crippen LogP contribution in [0.4, 0.5) is 4.79 Å². The third kappa shape index (κ3) is 4.61. The molecule has 2 unspecified atom stereocenters. The lowest BCUT2D eigenvalue weighted by Gasteiger charge is -2.36. The summed E-state index contributed by atoms with van der Waals surface area (Å²) in [6.45, 7) is 7.88. The Labute approximate surface area is 121 Å². The van der Waals surface area contributed by atoms with Crippen LogP contribution >= 0.6 is 0 Å². The number of aliphatic hydroxyl groups excluding tert-OH is 1. The van der Waals surface area contributed by atoms with Gasteiger partial charge >= 0.3 is 6.09 Å². The minimum Gasteiger partial charge on any atom is -0.448 e. The van der Waals surface area contributed by atoms with Crippen molar-refractivity contribution in [2.75, 3.05) is 40.5 Å². The lowest BCUT2D eigenvalue weighted by atomic mass is 10.1. The molecule has 6 heteroatoms. The zero-order valence-corrected chi connectivity index (χ0v) is 13.3. The fourth-order valence-electron chi connectivity index (χ4n) is 2.54. The first kappa shape index (κ1) is 17.2. The second-order valence-corrected chi connectivity index (χ2v) is 6.29. The number of carbonyl (C=O) groups excluding carboxylic acids is 1. The van der Waals surface area contributed by atoms with E-state index < -0.39 is 6.09 Å². The molecule has 2 atom stereocenters. The minimum atomic E-state index is -0.395. The normalized spacial score (nSPS) is 23.9. The van der Waals surface area contributed by atoms with Crippen molar-refractivity contribution in [3.05, 3.63) is 0 Å². The van der Waals surface area contributed by atoms with Gasteiger partial charge in [-0.3, -0.25) is 4.90 Å². The van der Waals surface area contributed by atoms with Gasteiger partial charge in [0, 0.05) is 38.8 Å². The van der Waals surface area contributed by atoms with E-state index in [9.17, 15) is 4.79 Å². The van der Waals surface area contributed by atoms with E-state index in [0.717, 1.165) is 13.0 Å². The summed E-state index contributed by atoms with van der Waals surface area (Å²) >= 11 is 0. The summed E-state index contributed by atoms with van der Waals surface area (Å²) < 4.78 is 10.8. The molecule has 1 rings (SSSR count). The van der Waals surface area contributed by atoms with Crippen molar-refractivity contribution in [1.82, 2.24) is 9.80 Å². The van der Waals surface area contributed by atoms with Crippen LogP contribution in [0, 0.1) is 0 Å². The van der Waals surface area contributed by atoms with Crippen molar-refractivity contribution in [2.45, 2.75) is 44.9 Å². The molecule has 1 aliphatic rings. The first-order chi connectivity index (χ1) is 9.29. The van der Waals surface area contributed by atoms with Crippen molar-refractivity contribution in [2.24, 2.45) is 0 Å². The summed E-state index contributed by atoms with van der Waals surface area (Å²) in [6.07, 6.45) is 0.659. The number of likely N-dealkylation sites (tertiary alicyclic amines) is 1. The predicted molar refractivity (Wildman–Crippen MR) is 76.7 cm³/mol. The standard InChI is InChI=1S/C14H28N2O4/c1-14(2,3)16-9-12(19-5)8-11(16)10-20-13(18)15(4)6-7-17/h11-12,17H,6-10H2,1-5H3. The number of rotatable bonds is 5. The number of methoxy groups -OCH3 is 1. The number of aliphatic hydroxyl groups is 1. The van der Waals surface area contributed by atoms with E-state index in [1.54, 1.807) is 14.2 Å². The molecule has 118 valence electrons. The largest absolute Gasteiger partial charge is 0.448 e. The first-order valence-corrected chi connectivity index (χ1v) is 7.08. The second-order valence-electron chi connectivity index (χ2n) is 6.29. The molecule has 1 saturated heterocycles. The lowest BCUT2D eigenvalue weighted by molar-refractivity contribution is 0.0461. The SMILES string of the molecule is COC1CC(COC(=O)N(C)CCO)N(C(C)(C)C)C1. The second kappa shape index (κ2) is 7.24. The molecule has 0 aromatic rings. The summed E-state index contributed by atoms with van der Waals surface area (Å²) in [7, 11) is 3.33. The molecule has 1 amide bonds. The Bertz CT molecular complexity index is 317. The third-order valence-electron chi connectivity index (χ3n) is 3.72. The van der Waals surface area contributed by atoms with Crippen molar-refractivity contribution in [1.29, 1.82) is 0 Å². The molecule has 1 aliphatic heterocycles. The quantitative estimate of drug-likeness (QED) is 0.815. The zero-order valence-electron chi connectivity index (χ0n) is 13.3. The van der Waals surface area contributed by atoms with Crippen molar-refractivity contribution >= 4 is 6.09 Å². The van der Waals surface area contributed by atoms with Gasteiger partial charge in [0.2, 0.25) is 0 Å². The van der Waals surface area contributed by atoms with E-state index >= 15 is 0 Å². The molecule has 6 nitrogen and oxygen atoms in total. The Morgan fingerprint density at radius 1 is 1.45 bits per heavy atom. The molecular weight excluding hydrogens is 260 g/mol. The van der Waals surface area contributed by atoms with Gasteiger partial charge in [-0.05, 0) is 27.2 Å². The topological polar surface area (TPSA) is 62.2 Å². The third-order valence-corrected chi connectivity index (χ3v) is 3.72. The summed E-state index contributed by atoms with van der Waals surface area (Å²) in [5, 5.41) is 8.81. The van der Waals surface area contributed by atoms with Crippen LogP contribution in [0.3, 0.4) is 0 Å². The van der Waals surface area contributed by atoms with Crippen LogP contribution in [-0.2, 0) is 9.47 Å². The van der Waals surface area contributed by atoms with E-state index in [1.807, 2.05) is 0 Å². The number of carbonyl (C=O) groups is 1. The lowest BCUT2D eigenvalue weighted by Crippen LogP contribution is -2.47. The monoisotopic (exact) mass is 288 g/mol. The Kier molecular flexibility index (Phi) is 6.23. The highest BCUT2D eigenvalue weighted by molar-refractivity contribution is 5.67. The fourth-order valence-corrected chi connectivity index (χ4v) is 2.54. The average Bonchev–Trinajstić information content (AvgIpc) is 2.79. The van der Waals surface area contributed by atoms with E-state index in [-0.39, 0.29) is 30.8 Å². The molecule has 20 heavy (non-hydrogen) atoms. The maximum absolute atomic E-state index is 11.7. The van der Waals surface area contributed by atoms with Crippen LogP contribution in [0.15, 0.2) is 0 Å². The molecule has 0 bridgehead atoms. The molecule has 1 heterocycles. The van der Waals surface area contributed by atoms with Gasteiger partial charge in [0.15, 0.2) is 0 Å². The molecule has 0 aliphatic carbocycles. The Morgan fingerprint density at radius 3 is 2.60 bits per heavy atom. The predicted octanol–water partition coefficient (Wildman–Crippen LogP) is 0.935. The fraction of sp³-hybridized carbons (Fsp3) is 0.929.